The third-order valence-corrected chi connectivity index (χ3v) is 12.8. The maximum atomic E-state index is 12.2. The lowest BCUT2D eigenvalue weighted by Crippen LogP contribution is -2.34. The molecular weight excluding hydrogens is 782 g/mol. The van der Waals surface area contributed by atoms with Crippen LogP contribution in [0.1, 0.15) is 24.4 Å². The number of phosphoric ester groups is 2. The number of aliphatic hydroxyl groups excluding tert-OH is 3. The first-order chi connectivity index (χ1) is 23.6. The largest absolute Gasteiger partial charge is 0.756 e. The first kappa shape index (κ1) is 39.6. The lowest BCUT2D eigenvalue weighted by atomic mass is 10.1. The van der Waals surface area contributed by atoms with Crippen molar-refractivity contribution in [2.24, 2.45) is 0 Å². The van der Waals surface area contributed by atoms with E-state index in [9.17, 15) is 62.7 Å². The highest BCUT2D eigenvalue weighted by atomic mass is 31.3. The van der Waals surface area contributed by atoms with Crippen LogP contribution in [-0.2, 0) is 49.7 Å². The van der Waals surface area contributed by atoms with E-state index in [0.29, 0.717) is 0 Å². The summed E-state index contributed by atoms with van der Waals surface area (Å²) < 4.78 is 80.5. The molecule has 0 amide bonds. The fraction of sp³-hybridized carbons (Fsp3) is 0.550. The van der Waals surface area contributed by atoms with Crippen LogP contribution in [0.2, 0.25) is 0 Å². The summed E-state index contributed by atoms with van der Waals surface area (Å²) in [6.45, 7) is -1.00. The predicted molar refractivity (Wildman–Crippen MR) is 152 cm³/mol. The van der Waals surface area contributed by atoms with E-state index in [-0.39, 0.29) is 29.0 Å². The number of nitrogens with zero attached hydrogens (tertiary/aromatic N) is 5. The second-order valence-corrected chi connectivity index (χ2v) is 16.7. The maximum Gasteiger partial charge on any atom is 0.330 e. The number of hydrogen-bond acceptors (Lipinski definition) is 24. The van der Waals surface area contributed by atoms with Crippen LogP contribution in [0.3, 0.4) is 0 Å². The number of rotatable bonds is 14. The molecule has 0 aromatic carbocycles. The summed E-state index contributed by atoms with van der Waals surface area (Å²) in [7, 11) is -25.3. The number of ether oxygens (including phenoxy) is 2. The Hall–Kier alpha value is -2.61. The van der Waals surface area contributed by atoms with Crippen LogP contribution < -0.4 is 36.6 Å². The van der Waals surface area contributed by atoms with Gasteiger partial charge in [-0.15, -0.1) is 0 Å². The molecule has 51 heavy (non-hydrogen) atoms. The van der Waals surface area contributed by atoms with Gasteiger partial charge in [-0.05, 0) is 6.92 Å². The summed E-state index contributed by atoms with van der Waals surface area (Å²) in [6.07, 6.45) is -8.05. The van der Waals surface area contributed by atoms with Gasteiger partial charge in [0.2, 0.25) is 0 Å². The molecule has 0 spiro atoms. The van der Waals surface area contributed by atoms with Crippen molar-refractivity contribution in [1.82, 2.24) is 29.1 Å². The highest BCUT2D eigenvalue weighted by Gasteiger charge is 2.45. The zero-order valence-corrected chi connectivity index (χ0v) is 28.9. The summed E-state index contributed by atoms with van der Waals surface area (Å²) in [6, 6.07) is 0. The number of anilines is 1. The van der Waals surface area contributed by atoms with Crippen molar-refractivity contribution in [2.75, 3.05) is 18.9 Å². The number of nitrogens with two attached hydrogens (primary N) is 1. The predicted octanol–water partition coefficient (Wildman–Crippen LogP) is -4.51. The van der Waals surface area contributed by atoms with Crippen LogP contribution in [-0.4, -0.2) is 88.1 Å². The number of aromatic nitrogens is 6. The van der Waals surface area contributed by atoms with Gasteiger partial charge < -0.3 is 59.1 Å². The average Bonchev–Trinajstić information content (AvgIpc) is 3.67. The molecule has 27 nitrogen and oxygen atoms in total. The van der Waals surface area contributed by atoms with E-state index in [2.05, 4.69) is 36.9 Å². The van der Waals surface area contributed by atoms with E-state index in [4.69, 9.17) is 15.2 Å². The Balaban J connectivity index is 1.13. The molecule has 0 saturated carbocycles. The second-order valence-electron chi connectivity index (χ2n) is 10.7. The Labute approximate surface area is 282 Å². The number of H-pyrrole nitrogens is 1. The molecule has 284 valence electrons. The number of hydrogen-bond donors (Lipinski definition) is 5. The van der Waals surface area contributed by atoms with Crippen LogP contribution in [0.4, 0.5) is 5.82 Å². The fourth-order valence-electron chi connectivity index (χ4n) is 4.76. The fourth-order valence-corrected chi connectivity index (χ4v) is 9.51. The first-order valence-corrected chi connectivity index (χ1v) is 19.7. The van der Waals surface area contributed by atoms with E-state index in [1.54, 1.807) is 0 Å². The molecule has 11 atom stereocenters. The number of nitrogens with one attached hydrogen (secondary N) is 1. The van der Waals surface area contributed by atoms with Crippen molar-refractivity contribution in [3.8, 4) is 0 Å². The minimum atomic E-state index is -6.58. The van der Waals surface area contributed by atoms with Gasteiger partial charge in [-0.2, -0.15) is 0 Å². The summed E-state index contributed by atoms with van der Waals surface area (Å²) in [5.41, 5.74) is 4.31. The van der Waals surface area contributed by atoms with Crippen molar-refractivity contribution < 1.29 is 84.6 Å². The van der Waals surface area contributed by atoms with Crippen molar-refractivity contribution >= 4 is 48.3 Å². The van der Waals surface area contributed by atoms with Gasteiger partial charge in [-0.1, -0.05) is 0 Å². The summed E-state index contributed by atoms with van der Waals surface area (Å²) in [4.78, 5) is 85.7. The van der Waals surface area contributed by atoms with Crippen LogP contribution in [0.15, 0.2) is 28.4 Å². The Morgan fingerprint density at radius 1 is 0.882 bits per heavy atom. The number of aromatic amines is 1. The normalized spacial score (nSPS) is 30.1. The SMILES string of the molecule is Cc1cn([C@H]2C[C@H](O)[C@@H](COP(=O)([O-])OP(=O)([O-])OP(=O)([O-])OP(=O)([O-])OC[C@H]3O[C@@H](n4cnc5c(N)ncnc54)[C@H](O)[C@@H]3O)O2)c(=O)[nH]c1=O. The molecule has 5 heterocycles. The van der Waals surface area contributed by atoms with Crippen molar-refractivity contribution in [1.29, 1.82) is 0 Å². The van der Waals surface area contributed by atoms with E-state index in [1.165, 1.54) is 6.92 Å². The molecule has 5 rings (SSSR count). The van der Waals surface area contributed by atoms with Crippen molar-refractivity contribution in [2.45, 2.75) is 56.3 Å². The Morgan fingerprint density at radius 2 is 1.47 bits per heavy atom. The highest BCUT2D eigenvalue weighted by Crippen LogP contribution is 2.66. The lowest BCUT2D eigenvalue weighted by molar-refractivity contribution is -0.255. The van der Waals surface area contributed by atoms with Crippen molar-refractivity contribution in [3.05, 3.63) is 45.3 Å². The van der Waals surface area contributed by atoms with Gasteiger partial charge in [-0.3, -0.25) is 37.2 Å². The van der Waals surface area contributed by atoms with Gasteiger partial charge in [0.05, 0.1) is 25.6 Å². The molecule has 0 bridgehead atoms. The van der Waals surface area contributed by atoms with E-state index < -0.39 is 98.7 Å². The van der Waals surface area contributed by atoms with Crippen LogP contribution in [0.5, 0.6) is 0 Å². The lowest BCUT2D eigenvalue weighted by Gasteiger charge is -2.36. The van der Waals surface area contributed by atoms with Gasteiger partial charge in [0.25, 0.3) is 36.9 Å². The topological polar surface area (TPSA) is 410 Å². The number of fused-ring (bicyclic) bond motifs is 1. The van der Waals surface area contributed by atoms with Gasteiger partial charge in [-0.25, -0.2) is 32.7 Å². The Kier molecular flexibility index (Phi) is 11.4. The van der Waals surface area contributed by atoms with Gasteiger partial charge in [0, 0.05) is 18.2 Å². The zero-order valence-electron chi connectivity index (χ0n) is 25.3. The van der Waals surface area contributed by atoms with E-state index in [1.807, 2.05) is 4.98 Å². The van der Waals surface area contributed by atoms with Gasteiger partial charge >= 0.3 is 5.69 Å². The zero-order chi connectivity index (χ0) is 37.7. The Morgan fingerprint density at radius 3 is 2.10 bits per heavy atom. The third-order valence-electron chi connectivity index (χ3n) is 7.05. The van der Waals surface area contributed by atoms with Crippen LogP contribution >= 0.6 is 31.3 Å². The molecule has 4 unspecified atom stereocenters. The molecule has 6 N–H and O–H groups in total. The molecule has 2 fully saturated rings. The Bertz CT molecular complexity index is 2090. The number of imidazole rings is 1. The third kappa shape index (κ3) is 9.31. The monoisotopic (exact) mass is 807 g/mol. The van der Waals surface area contributed by atoms with Crippen molar-refractivity contribution in [3.63, 3.8) is 0 Å². The molecule has 3 aromatic rings. The molecule has 0 aliphatic carbocycles. The van der Waals surface area contributed by atoms with E-state index >= 15 is 0 Å². The minimum Gasteiger partial charge on any atom is -0.756 e. The van der Waals surface area contributed by atoms with Gasteiger partial charge in [0.1, 0.15) is 42.5 Å². The standard InChI is InChI=1S/C20H29N7O20P4/c1-8-3-26(20(32)25-18(8)31)12-2-9(28)10(43-12)4-41-48(33,34)45-50(37,38)47-51(39,40)46-49(35,36)42-5-11-14(29)15(30)19(44-11)27-7-24-13-16(21)22-6-23-17(13)27/h3,6-7,9-12,14-15,19,28-30H,2,4-5H2,1H3,(H,33,34)(H,35,36)(H,37,38)(H,39,40)(H2,21,22,23)(H,25,31,32)/p-4/t9-,10+,11+,12+,14+,15+,19+/m0/s1. The first-order valence-electron chi connectivity index (χ1n) is 13.8. The van der Waals surface area contributed by atoms with Crippen LogP contribution in [0, 0.1) is 6.92 Å². The number of phosphoric acid groups is 4. The maximum absolute atomic E-state index is 12.2. The number of aliphatic hydroxyl groups is 3. The molecular formula is C20H25N7O20P4-4. The molecule has 2 aliphatic heterocycles. The molecule has 31 heteroatoms. The highest BCUT2D eigenvalue weighted by molar-refractivity contribution is 7.68. The summed E-state index contributed by atoms with van der Waals surface area (Å²) in [5, 5.41) is 31.0. The molecule has 2 aliphatic rings. The molecule has 0 radical (unpaired) electrons. The van der Waals surface area contributed by atoms with E-state index in [0.717, 1.165) is 28.0 Å². The second kappa shape index (κ2) is 14.7. The molecule has 2 saturated heterocycles. The molecule has 3 aromatic heterocycles. The minimum absolute atomic E-state index is 0.0363. The summed E-state index contributed by atoms with van der Waals surface area (Å²) in [5.74, 6) is -0.0363. The average molecular weight is 807 g/mol. The number of nitrogen functional groups attached to an aromatic ring is 1. The number of aryl methyl sites for hydroxylation is 1. The smallest absolute Gasteiger partial charge is 0.330 e. The van der Waals surface area contributed by atoms with Crippen LogP contribution in [0.25, 0.3) is 11.2 Å². The van der Waals surface area contributed by atoms with Gasteiger partial charge in [0.15, 0.2) is 17.7 Å². The quantitative estimate of drug-likeness (QED) is 0.0958. The summed E-state index contributed by atoms with van der Waals surface area (Å²) >= 11 is 0.